The molecule has 2 aromatic rings. The molecule has 0 fully saturated rings. The number of hydrogen-bond donors (Lipinski definition) is 0. The summed E-state index contributed by atoms with van der Waals surface area (Å²) in [7, 11) is 0. The number of hydrogen-bond acceptors (Lipinski definition) is 5. The fraction of sp³-hybridized carbons (Fsp3) is 0.211. The fourth-order valence-electron chi connectivity index (χ4n) is 2.03. The van der Waals surface area contributed by atoms with Crippen LogP contribution in [0.2, 0.25) is 5.02 Å². The average Bonchev–Trinajstić information content (AvgIpc) is 2.62. The molecule has 0 unspecified atom stereocenters. The van der Waals surface area contributed by atoms with Crippen molar-refractivity contribution in [1.29, 1.82) is 5.26 Å². The summed E-state index contributed by atoms with van der Waals surface area (Å²) in [5.41, 5.74) is 0.898. The summed E-state index contributed by atoms with van der Waals surface area (Å²) in [6, 6.07) is 14.7. The minimum Gasteiger partial charge on any atom is -0.479 e. The van der Waals surface area contributed by atoms with Crippen LogP contribution in [0.15, 0.2) is 48.5 Å². The predicted molar refractivity (Wildman–Crippen MR) is 92.6 cm³/mol. The van der Waals surface area contributed by atoms with Crippen LogP contribution >= 0.6 is 11.6 Å². The minimum absolute atomic E-state index is 0.324. The highest BCUT2D eigenvalue weighted by molar-refractivity contribution is 6.30. The Morgan fingerprint density at radius 1 is 1.00 bits per heavy atom. The van der Waals surface area contributed by atoms with E-state index in [1.165, 1.54) is 13.8 Å². The largest absolute Gasteiger partial charge is 0.479 e. The lowest BCUT2D eigenvalue weighted by Crippen LogP contribution is -2.32. The Bertz CT molecular complexity index is 794. The zero-order valence-electron chi connectivity index (χ0n) is 13.7. The van der Waals surface area contributed by atoms with Crippen molar-refractivity contribution in [1.82, 2.24) is 0 Å². The minimum atomic E-state index is -0.944. The molecule has 0 aliphatic carbocycles. The number of nitrogens with zero attached hydrogens (tertiary/aromatic N) is 1. The zero-order chi connectivity index (χ0) is 18.4. The lowest BCUT2D eigenvalue weighted by molar-refractivity contribution is -0.153. The first kappa shape index (κ1) is 18.5. The Hall–Kier alpha value is -2.84. The first-order chi connectivity index (χ1) is 11.9. The van der Waals surface area contributed by atoms with Crippen molar-refractivity contribution in [3.8, 4) is 11.8 Å². The van der Waals surface area contributed by atoms with Crippen molar-refractivity contribution < 1.29 is 19.1 Å². The molecule has 2 atom stereocenters. The van der Waals surface area contributed by atoms with Crippen molar-refractivity contribution in [3.05, 3.63) is 64.7 Å². The van der Waals surface area contributed by atoms with E-state index in [4.69, 9.17) is 26.3 Å². The van der Waals surface area contributed by atoms with Gasteiger partial charge in [-0.3, -0.25) is 4.79 Å². The highest BCUT2D eigenvalue weighted by Gasteiger charge is 2.24. The molecule has 25 heavy (non-hydrogen) atoms. The molecule has 0 saturated heterocycles. The van der Waals surface area contributed by atoms with Crippen LogP contribution in [0.25, 0.3) is 0 Å². The van der Waals surface area contributed by atoms with Crippen LogP contribution < -0.4 is 4.74 Å². The Labute approximate surface area is 150 Å². The number of carbonyl (C=O) groups is 2. The average molecular weight is 358 g/mol. The summed E-state index contributed by atoms with van der Waals surface area (Å²) in [5, 5.41) is 9.27. The van der Waals surface area contributed by atoms with Gasteiger partial charge in [0, 0.05) is 10.6 Å². The highest BCUT2D eigenvalue weighted by Crippen LogP contribution is 2.16. The van der Waals surface area contributed by atoms with E-state index in [2.05, 4.69) is 0 Å². The first-order valence-electron chi connectivity index (χ1n) is 7.58. The molecule has 0 aliphatic rings. The number of ketones is 1. The van der Waals surface area contributed by atoms with E-state index < -0.39 is 18.2 Å². The summed E-state index contributed by atoms with van der Waals surface area (Å²) < 4.78 is 10.6. The topological polar surface area (TPSA) is 76.4 Å². The number of benzene rings is 2. The maximum Gasteiger partial charge on any atom is 0.347 e. The van der Waals surface area contributed by atoms with Crippen LogP contribution in [0.5, 0.6) is 5.75 Å². The quantitative estimate of drug-likeness (QED) is 0.580. The molecule has 0 bridgehead atoms. The second kappa shape index (κ2) is 8.32. The van der Waals surface area contributed by atoms with E-state index in [1.54, 1.807) is 48.5 Å². The Morgan fingerprint density at radius 3 is 2.16 bits per heavy atom. The van der Waals surface area contributed by atoms with Gasteiger partial charge in [0.05, 0.1) is 11.6 Å². The van der Waals surface area contributed by atoms with Gasteiger partial charge in [-0.1, -0.05) is 11.6 Å². The van der Waals surface area contributed by atoms with Gasteiger partial charge in [0.15, 0.2) is 12.2 Å². The van der Waals surface area contributed by atoms with E-state index in [9.17, 15) is 9.59 Å². The van der Waals surface area contributed by atoms with Gasteiger partial charge in [0.2, 0.25) is 5.78 Å². The smallest absolute Gasteiger partial charge is 0.347 e. The molecular weight excluding hydrogens is 342 g/mol. The van der Waals surface area contributed by atoms with Crippen LogP contribution in [0, 0.1) is 11.3 Å². The van der Waals surface area contributed by atoms with E-state index >= 15 is 0 Å². The lowest BCUT2D eigenvalue weighted by Gasteiger charge is -2.17. The van der Waals surface area contributed by atoms with Crippen molar-refractivity contribution >= 4 is 23.4 Å². The van der Waals surface area contributed by atoms with Crippen molar-refractivity contribution in [2.45, 2.75) is 26.1 Å². The van der Waals surface area contributed by atoms with Crippen LogP contribution in [-0.4, -0.2) is 24.0 Å². The Balaban J connectivity index is 1.94. The molecule has 0 spiro atoms. The van der Waals surface area contributed by atoms with Crippen molar-refractivity contribution in [2.24, 2.45) is 0 Å². The number of rotatable bonds is 6. The number of Topliss-reactive ketones (excluding diaryl/α,β-unsaturated/α-hetero) is 1. The molecule has 128 valence electrons. The van der Waals surface area contributed by atoms with Crippen LogP contribution in [0.1, 0.15) is 29.8 Å². The Morgan fingerprint density at radius 2 is 1.60 bits per heavy atom. The molecule has 2 aromatic carbocycles. The van der Waals surface area contributed by atoms with Gasteiger partial charge in [-0.05, 0) is 62.4 Å². The first-order valence-corrected chi connectivity index (χ1v) is 7.95. The summed E-state index contributed by atoms with van der Waals surface area (Å²) >= 11 is 5.79. The van der Waals surface area contributed by atoms with Gasteiger partial charge in [0.1, 0.15) is 5.75 Å². The molecule has 0 amide bonds. The third-order valence-corrected chi connectivity index (χ3v) is 3.67. The van der Waals surface area contributed by atoms with Crippen LogP contribution in [-0.2, 0) is 9.53 Å². The maximum atomic E-state index is 12.3. The molecule has 0 saturated carbocycles. The van der Waals surface area contributed by atoms with Gasteiger partial charge in [-0.15, -0.1) is 0 Å². The lowest BCUT2D eigenvalue weighted by atomic mass is 10.1. The van der Waals surface area contributed by atoms with E-state index in [0.29, 0.717) is 21.9 Å². The molecule has 0 heterocycles. The third-order valence-electron chi connectivity index (χ3n) is 3.42. The highest BCUT2D eigenvalue weighted by atomic mass is 35.5. The second-order valence-electron chi connectivity index (χ2n) is 5.35. The predicted octanol–water partition coefficient (Wildman–Crippen LogP) is 3.79. The number of esters is 1. The normalized spacial score (nSPS) is 12.6. The van der Waals surface area contributed by atoms with E-state index in [-0.39, 0.29) is 5.78 Å². The second-order valence-corrected chi connectivity index (χ2v) is 5.78. The zero-order valence-corrected chi connectivity index (χ0v) is 14.5. The summed E-state index contributed by atoms with van der Waals surface area (Å²) in [6.07, 6.45) is -1.84. The Kier molecular flexibility index (Phi) is 6.15. The molecule has 0 aliphatic heterocycles. The summed E-state index contributed by atoms with van der Waals surface area (Å²) in [5.74, 6) is -0.546. The van der Waals surface area contributed by atoms with Gasteiger partial charge < -0.3 is 9.47 Å². The summed E-state index contributed by atoms with van der Waals surface area (Å²) in [6.45, 7) is 3.03. The molecule has 0 aromatic heterocycles. The van der Waals surface area contributed by atoms with Gasteiger partial charge >= 0.3 is 5.97 Å². The van der Waals surface area contributed by atoms with Crippen LogP contribution in [0.4, 0.5) is 0 Å². The molecular formula is C19H16ClNO4. The number of halogens is 1. The monoisotopic (exact) mass is 357 g/mol. The molecule has 0 radical (unpaired) electrons. The van der Waals surface area contributed by atoms with Crippen LogP contribution in [0.3, 0.4) is 0 Å². The van der Waals surface area contributed by atoms with Crippen molar-refractivity contribution in [3.63, 3.8) is 0 Å². The number of ether oxygens (including phenoxy) is 2. The van der Waals surface area contributed by atoms with E-state index in [1.807, 2.05) is 6.07 Å². The van der Waals surface area contributed by atoms with Gasteiger partial charge in [-0.25, -0.2) is 4.79 Å². The fourth-order valence-corrected chi connectivity index (χ4v) is 2.16. The number of nitriles is 1. The molecule has 0 N–H and O–H groups in total. The number of carbonyl (C=O) groups excluding carboxylic acids is 2. The SMILES string of the molecule is C[C@H](Oc1ccc(C#N)cc1)C(=O)O[C@H](C)C(=O)c1ccc(Cl)cc1. The van der Waals surface area contributed by atoms with E-state index in [0.717, 1.165) is 0 Å². The third kappa shape index (κ3) is 5.07. The standard InChI is InChI=1S/C19H16ClNO4/c1-12(18(22)15-5-7-16(20)8-6-15)25-19(23)13(2)24-17-9-3-14(11-21)4-10-17/h3-10,12-13H,1-2H3/t12-,13+/m1/s1. The molecule has 6 heteroatoms. The molecule has 5 nitrogen and oxygen atoms in total. The molecule has 2 rings (SSSR count). The van der Waals surface area contributed by atoms with Gasteiger partial charge in [-0.2, -0.15) is 5.26 Å². The maximum absolute atomic E-state index is 12.3. The summed E-state index contributed by atoms with van der Waals surface area (Å²) in [4.78, 5) is 24.3. The van der Waals surface area contributed by atoms with Gasteiger partial charge in [0.25, 0.3) is 0 Å². The van der Waals surface area contributed by atoms with Crippen molar-refractivity contribution in [2.75, 3.05) is 0 Å².